The van der Waals surface area contributed by atoms with E-state index >= 15 is 0 Å². The molecule has 6 atom stereocenters. The summed E-state index contributed by atoms with van der Waals surface area (Å²) in [6, 6.07) is 8.36. The van der Waals surface area contributed by atoms with Gasteiger partial charge in [-0.2, -0.15) is 0 Å². The third-order valence-corrected chi connectivity index (χ3v) is 4.58. The number of aliphatic hydroxyl groups excluding tert-OH is 4. The third kappa shape index (κ3) is 2.86. The first kappa shape index (κ1) is 14.6. The van der Waals surface area contributed by atoms with Crippen molar-refractivity contribution in [2.24, 2.45) is 0 Å². The van der Waals surface area contributed by atoms with E-state index in [2.05, 4.69) is 0 Å². The molecule has 1 saturated heterocycles. The lowest BCUT2D eigenvalue weighted by Crippen LogP contribution is -2.59. The van der Waals surface area contributed by atoms with Crippen LogP contribution in [0.3, 0.4) is 0 Å². The largest absolute Gasteiger partial charge is 0.394 e. The van der Waals surface area contributed by atoms with E-state index in [1.807, 2.05) is 0 Å². The molecule has 4 N–H and O–H groups in total. The van der Waals surface area contributed by atoms with Crippen molar-refractivity contribution >= 4 is 10.8 Å². The molecule has 1 fully saturated rings. The first-order valence-electron chi connectivity index (χ1n) is 5.82. The van der Waals surface area contributed by atoms with Crippen LogP contribution in [0.15, 0.2) is 35.2 Å². The van der Waals surface area contributed by atoms with E-state index in [-0.39, 0.29) is 0 Å². The Morgan fingerprint density at radius 1 is 1.05 bits per heavy atom. The fourth-order valence-corrected chi connectivity index (χ4v) is 3.28. The van der Waals surface area contributed by atoms with Crippen LogP contribution in [-0.2, 0) is 15.5 Å². The predicted molar refractivity (Wildman–Crippen MR) is 66.6 cm³/mol. The van der Waals surface area contributed by atoms with Crippen LogP contribution in [0.1, 0.15) is 0 Å². The first-order valence-corrected chi connectivity index (χ1v) is 7.03. The zero-order valence-corrected chi connectivity index (χ0v) is 10.8. The van der Waals surface area contributed by atoms with Crippen LogP contribution in [0.4, 0.5) is 0 Å². The molecule has 1 heterocycles. The molecule has 19 heavy (non-hydrogen) atoms. The molecule has 0 radical (unpaired) electrons. The van der Waals surface area contributed by atoms with Crippen LogP contribution in [-0.4, -0.2) is 61.1 Å². The van der Waals surface area contributed by atoms with Gasteiger partial charge in [-0.15, -0.1) is 0 Å². The van der Waals surface area contributed by atoms with Crippen molar-refractivity contribution in [2.75, 3.05) is 6.61 Å². The normalized spacial score (nSPS) is 36.9. The topological polar surface area (TPSA) is 107 Å². The second-order valence-corrected chi connectivity index (χ2v) is 5.84. The molecule has 2 rings (SSSR count). The maximum atomic E-state index is 12.3. The van der Waals surface area contributed by atoms with Gasteiger partial charge in [-0.1, -0.05) is 18.2 Å². The Balaban J connectivity index is 2.21. The van der Waals surface area contributed by atoms with E-state index < -0.39 is 47.3 Å². The molecule has 6 nitrogen and oxygen atoms in total. The standard InChI is InChI=1S/C12H16O6S/c13-6-8-9(14)10(15)11(16)12(18-8)19(17)7-4-2-1-3-5-7/h1-5,8-16H,6H2/t8-,9-,10+,11-,12+,19?/m1/s1. The fourth-order valence-electron chi connectivity index (χ4n) is 1.93. The average molecular weight is 288 g/mol. The summed E-state index contributed by atoms with van der Waals surface area (Å²) in [5, 5.41) is 38.2. The molecule has 106 valence electrons. The van der Waals surface area contributed by atoms with Crippen LogP contribution < -0.4 is 0 Å². The van der Waals surface area contributed by atoms with E-state index in [0.717, 1.165) is 0 Å². The van der Waals surface area contributed by atoms with Crippen LogP contribution in [0, 0.1) is 0 Å². The van der Waals surface area contributed by atoms with Crippen LogP contribution >= 0.6 is 0 Å². The molecule has 0 aliphatic carbocycles. The first-order chi connectivity index (χ1) is 9.06. The maximum Gasteiger partial charge on any atom is 0.166 e. The van der Waals surface area contributed by atoms with Gasteiger partial charge in [0.15, 0.2) is 5.44 Å². The van der Waals surface area contributed by atoms with Crippen molar-refractivity contribution < 1.29 is 29.4 Å². The Morgan fingerprint density at radius 2 is 1.68 bits per heavy atom. The summed E-state index contributed by atoms with van der Waals surface area (Å²) >= 11 is 0. The molecule has 1 aliphatic heterocycles. The maximum absolute atomic E-state index is 12.3. The Hall–Kier alpha value is -0.830. The zero-order chi connectivity index (χ0) is 14.0. The minimum atomic E-state index is -1.71. The molecule has 1 aromatic carbocycles. The SMILES string of the molecule is O=S(c1ccccc1)[C@@H]1O[C@H](CO)[C@@H](O)[C@H](O)[C@H]1O. The Bertz CT molecular complexity index is 437. The second-order valence-electron chi connectivity index (χ2n) is 4.31. The van der Waals surface area contributed by atoms with Gasteiger partial charge >= 0.3 is 0 Å². The van der Waals surface area contributed by atoms with Crippen LogP contribution in [0.2, 0.25) is 0 Å². The molecule has 7 heteroatoms. The predicted octanol–water partition coefficient (Wildman–Crippen LogP) is -1.41. The lowest BCUT2D eigenvalue weighted by atomic mass is 10.0. The quantitative estimate of drug-likeness (QED) is 0.544. The number of benzene rings is 1. The smallest absolute Gasteiger partial charge is 0.166 e. The molecule has 0 saturated carbocycles. The van der Waals surface area contributed by atoms with Crippen molar-refractivity contribution in [3.05, 3.63) is 30.3 Å². The number of hydrogen-bond donors (Lipinski definition) is 4. The van der Waals surface area contributed by atoms with Gasteiger partial charge in [0, 0.05) is 4.90 Å². The van der Waals surface area contributed by atoms with Gasteiger partial charge in [0.1, 0.15) is 24.4 Å². The average Bonchev–Trinajstić information content (AvgIpc) is 2.45. The van der Waals surface area contributed by atoms with Crippen molar-refractivity contribution in [2.45, 2.75) is 34.7 Å². The monoisotopic (exact) mass is 288 g/mol. The highest BCUT2D eigenvalue weighted by Gasteiger charge is 2.46. The summed E-state index contributed by atoms with van der Waals surface area (Å²) < 4.78 is 17.5. The van der Waals surface area contributed by atoms with Gasteiger partial charge in [0.25, 0.3) is 0 Å². The van der Waals surface area contributed by atoms with E-state index in [9.17, 15) is 19.5 Å². The van der Waals surface area contributed by atoms with E-state index in [1.165, 1.54) is 0 Å². The number of rotatable bonds is 3. The number of ether oxygens (including phenoxy) is 1. The third-order valence-electron chi connectivity index (χ3n) is 3.03. The zero-order valence-electron chi connectivity index (χ0n) is 9.99. The molecular weight excluding hydrogens is 272 g/mol. The van der Waals surface area contributed by atoms with Crippen LogP contribution in [0.5, 0.6) is 0 Å². The second kappa shape index (κ2) is 6.08. The van der Waals surface area contributed by atoms with Gasteiger partial charge in [-0.3, -0.25) is 4.21 Å². The van der Waals surface area contributed by atoms with E-state index in [1.54, 1.807) is 30.3 Å². The van der Waals surface area contributed by atoms with Gasteiger partial charge in [0.2, 0.25) is 0 Å². The highest BCUT2D eigenvalue weighted by molar-refractivity contribution is 7.85. The molecule has 1 unspecified atom stereocenters. The Morgan fingerprint density at radius 3 is 2.26 bits per heavy atom. The number of hydrogen-bond acceptors (Lipinski definition) is 6. The molecule has 1 aliphatic rings. The van der Waals surface area contributed by atoms with E-state index in [4.69, 9.17) is 9.84 Å². The number of aliphatic hydroxyl groups is 4. The molecule has 1 aromatic rings. The molecule has 0 amide bonds. The summed E-state index contributed by atoms with van der Waals surface area (Å²) in [4.78, 5) is 0.437. The summed E-state index contributed by atoms with van der Waals surface area (Å²) in [6.07, 6.45) is -5.48. The van der Waals surface area contributed by atoms with Gasteiger partial charge in [-0.05, 0) is 12.1 Å². The highest BCUT2D eigenvalue weighted by atomic mass is 32.2. The van der Waals surface area contributed by atoms with Crippen molar-refractivity contribution in [1.29, 1.82) is 0 Å². The molecule has 0 bridgehead atoms. The summed E-state index contributed by atoms with van der Waals surface area (Å²) in [6.45, 7) is -0.534. The minimum Gasteiger partial charge on any atom is -0.394 e. The van der Waals surface area contributed by atoms with Gasteiger partial charge in [-0.25, -0.2) is 0 Å². The molecule has 0 spiro atoms. The lowest BCUT2D eigenvalue weighted by molar-refractivity contribution is -0.206. The minimum absolute atomic E-state index is 0.437. The van der Waals surface area contributed by atoms with E-state index in [0.29, 0.717) is 4.90 Å². The highest BCUT2D eigenvalue weighted by Crippen LogP contribution is 2.26. The van der Waals surface area contributed by atoms with Crippen molar-refractivity contribution in [3.8, 4) is 0 Å². The van der Waals surface area contributed by atoms with Gasteiger partial charge < -0.3 is 25.2 Å². The molecular formula is C12H16O6S. The van der Waals surface area contributed by atoms with Crippen LogP contribution in [0.25, 0.3) is 0 Å². The summed E-state index contributed by atoms with van der Waals surface area (Å²) in [5.74, 6) is 0. The van der Waals surface area contributed by atoms with Crippen molar-refractivity contribution in [1.82, 2.24) is 0 Å². The van der Waals surface area contributed by atoms with Gasteiger partial charge in [0.05, 0.1) is 17.4 Å². The summed E-state index contributed by atoms with van der Waals surface area (Å²) in [7, 11) is -1.71. The Kier molecular flexibility index (Phi) is 4.67. The molecule has 0 aromatic heterocycles. The van der Waals surface area contributed by atoms with Crippen molar-refractivity contribution in [3.63, 3.8) is 0 Å². The lowest BCUT2D eigenvalue weighted by Gasteiger charge is -2.39. The summed E-state index contributed by atoms with van der Waals surface area (Å²) in [5.41, 5.74) is -1.20. The fraction of sp³-hybridized carbons (Fsp3) is 0.500. The Labute approximate surface area is 112 Å².